The minimum Gasteiger partial charge on any atom is -0.326 e. The summed E-state index contributed by atoms with van der Waals surface area (Å²) in [5.74, 6) is -0.216. The third-order valence-corrected chi connectivity index (χ3v) is 5.28. The van der Waals surface area contributed by atoms with E-state index < -0.39 is 0 Å². The Kier molecular flexibility index (Phi) is 5.64. The van der Waals surface area contributed by atoms with Gasteiger partial charge in [-0.1, -0.05) is 24.9 Å². The first kappa shape index (κ1) is 16.7. The van der Waals surface area contributed by atoms with Gasteiger partial charge in [-0.3, -0.25) is 4.90 Å². The largest absolute Gasteiger partial charge is 0.326 e. The predicted molar refractivity (Wildman–Crippen MR) is 87.2 cm³/mol. The maximum Gasteiger partial charge on any atom is 0.126 e. The number of rotatable bonds is 5. The van der Waals surface area contributed by atoms with Crippen LogP contribution in [-0.2, 0) is 6.42 Å². The van der Waals surface area contributed by atoms with E-state index in [1.165, 1.54) is 25.3 Å². The molecule has 0 amide bonds. The van der Waals surface area contributed by atoms with Crippen molar-refractivity contribution in [2.45, 2.75) is 57.5 Å². The Bertz CT molecular complexity index is 474. The molecule has 0 spiro atoms. The lowest BCUT2D eigenvalue weighted by Gasteiger charge is -2.47. The Morgan fingerprint density at radius 2 is 2.00 bits per heavy atom. The van der Waals surface area contributed by atoms with E-state index in [-0.39, 0.29) is 17.4 Å². The van der Waals surface area contributed by atoms with Crippen LogP contribution in [0.5, 0.6) is 0 Å². The summed E-state index contributed by atoms with van der Waals surface area (Å²) in [4.78, 5) is 2.49. The van der Waals surface area contributed by atoms with Gasteiger partial charge in [-0.05, 0) is 69.5 Å². The molecule has 0 aliphatic carbocycles. The molecular weight excluding hydrogens is 287 g/mol. The molecule has 118 valence electrons. The van der Waals surface area contributed by atoms with Crippen LogP contribution in [0.15, 0.2) is 18.2 Å². The molecule has 1 aromatic carbocycles. The molecule has 2 atom stereocenters. The lowest BCUT2D eigenvalue weighted by Crippen LogP contribution is -2.59. The molecule has 2 N–H and O–H groups in total. The first-order valence-corrected chi connectivity index (χ1v) is 8.29. The Morgan fingerprint density at radius 3 is 2.62 bits per heavy atom. The maximum atomic E-state index is 13.9. The zero-order valence-electron chi connectivity index (χ0n) is 13.0. The van der Waals surface area contributed by atoms with Crippen LogP contribution in [0.3, 0.4) is 0 Å². The Labute approximate surface area is 132 Å². The molecular formula is C17H26ClFN2. The molecule has 1 saturated heterocycles. The quantitative estimate of drug-likeness (QED) is 0.890. The van der Waals surface area contributed by atoms with Crippen molar-refractivity contribution in [2.24, 2.45) is 5.73 Å². The molecule has 2 rings (SSSR count). The lowest BCUT2D eigenvalue weighted by molar-refractivity contribution is 0.0544. The summed E-state index contributed by atoms with van der Waals surface area (Å²) in [5, 5.41) is 0.565. The van der Waals surface area contributed by atoms with Gasteiger partial charge < -0.3 is 5.73 Å². The topological polar surface area (TPSA) is 29.3 Å². The van der Waals surface area contributed by atoms with Crippen molar-refractivity contribution >= 4 is 11.6 Å². The molecule has 1 aliphatic rings. The smallest absolute Gasteiger partial charge is 0.126 e. The van der Waals surface area contributed by atoms with Crippen molar-refractivity contribution in [3.63, 3.8) is 0 Å². The average molecular weight is 313 g/mol. The number of piperidine rings is 1. The molecule has 1 aliphatic heterocycles. The summed E-state index contributed by atoms with van der Waals surface area (Å²) in [6.07, 6.45) is 5.25. The molecule has 1 fully saturated rings. The van der Waals surface area contributed by atoms with E-state index in [1.54, 1.807) is 12.1 Å². The van der Waals surface area contributed by atoms with Gasteiger partial charge in [-0.25, -0.2) is 4.39 Å². The van der Waals surface area contributed by atoms with Gasteiger partial charge in [0, 0.05) is 16.6 Å². The van der Waals surface area contributed by atoms with E-state index in [9.17, 15) is 4.39 Å². The van der Waals surface area contributed by atoms with Crippen molar-refractivity contribution in [1.29, 1.82) is 0 Å². The highest BCUT2D eigenvalue weighted by Crippen LogP contribution is 2.29. The van der Waals surface area contributed by atoms with Crippen molar-refractivity contribution in [1.82, 2.24) is 4.90 Å². The Balaban J connectivity index is 2.15. The molecule has 1 heterocycles. The number of likely N-dealkylation sites (tertiary alicyclic amines) is 1. The molecule has 0 saturated carbocycles. The molecule has 4 heteroatoms. The van der Waals surface area contributed by atoms with E-state index in [0.29, 0.717) is 17.0 Å². The number of hydrogen-bond acceptors (Lipinski definition) is 2. The first-order chi connectivity index (χ1) is 9.97. The molecule has 21 heavy (non-hydrogen) atoms. The summed E-state index contributed by atoms with van der Waals surface area (Å²) < 4.78 is 13.9. The summed E-state index contributed by atoms with van der Waals surface area (Å²) >= 11 is 5.98. The Morgan fingerprint density at radius 1 is 1.33 bits per heavy atom. The van der Waals surface area contributed by atoms with Gasteiger partial charge in [0.05, 0.1) is 0 Å². The van der Waals surface area contributed by atoms with Gasteiger partial charge in [0.1, 0.15) is 5.82 Å². The van der Waals surface area contributed by atoms with Gasteiger partial charge in [0.15, 0.2) is 0 Å². The van der Waals surface area contributed by atoms with Crippen molar-refractivity contribution in [3.8, 4) is 0 Å². The van der Waals surface area contributed by atoms with E-state index in [4.69, 9.17) is 17.3 Å². The zero-order valence-corrected chi connectivity index (χ0v) is 13.8. The highest BCUT2D eigenvalue weighted by molar-refractivity contribution is 6.30. The van der Waals surface area contributed by atoms with Gasteiger partial charge in [0.25, 0.3) is 0 Å². The molecule has 1 aromatic rings. The number of halogens is 2. The predicted octanol–water partition coefficient (Wildman–Crippen LogP) is 4.00. The number of hydrogen-bond donors (Lipinski definition) is 1. The van der Waals surface area contributed by atoms with Gasteiger partial charge in [-0.2, -0.15) is 0 Å². The highest BCUT2D eigenvalue weighted by Gasteiger charge is 2.36. The second-order valence-corrected chi connectivity index (χ2v) is 6.74. The summed E-state index contributed by atoms with van der Waals surface area (Å²) in [5.41, 5.74) is 7.02. The van der Waals surface area contributed by atoms with Crippen LogP contribution in [-0.4, -0.2) is 29.6 Å². The van der Waals surface area contributed by atoms with Gasteiger partial charge >= 0.3 is 0 Å². The summed E-state index contributed by atoms with van der Waals surface area (Å²) in [7, 11) is 0. The highest BCUT2D eigenvalue weighted by atomic mass is 35.5. The maximum absolute atomic E-state index is 13.9. The van der Waals surface area contributed by atoms with E-state index in [0.717, 1.165) is 19.5 Å². The molecule has 0 bridgehead atoms. The fourth-order valence-electron chi connectivity index (χ4n) is 3.28. The summed E-state index contributed by atoms with van der Waals surface area (Å²) in [6.45, 7) is 6.57. The van der Waals surface area contributed by atoms with Gasteiger partial charge in [-0.15, -0.1) is 0 Å². The minimum absolute atomic E-state index is 0.0881. The normalized spacial score (nSPS) is 21.0. The van der Waals surface area contributed by atoms with E-state index in [1.807, 2.05) is 0 Å². The van der Waals surface area contributed by atoms with Gasteiger partial charge in [0.2, 0.25) is 0 Å². The van der Waals surface area contributed by atoms with Crippen LogP contribution in [0.2, 0.25) is 5.02 Å². The fourth-order valence-corrected chi connectivity index (χ4v) is 3.48. The van der Waals surface area contributed by atoms with E-state index >= 15 is 0 Å². The van der Waals surface area contributed by atoms with Crippen LogP contribution in [0.25, 0.3) is 0 Å². The molecule has 0 radical (unpaired) electrons. The van der Waals surface area contributed by atoms with E-state index in [2.05, 4.69) is 18.7 Å². The molecule has 2 unspecified atom stereocenters. The SMILES string of the molecule is CCC(C)(C(N)Cc1cc(Cl)ccc1F)N1CCCCC1. The van der Waals surface area contributed by atoms with Crippen LogP contribution in [0, 0.1) is 5.82 Å². The second-order valence-electron chi connectivity index (χ2n) is 6.30. The minimum atomic E-state index is -0.216. The monoisotopic (exact) mass is 312 g/mol. The molecule has 0 aromatic heterocycles. The number of nitrogens with zero attached hydrogens (tertiary/aromatic N) is 1. The number of nitrogens with two attached hydrogens (primary N) is 1. The zero-order chi connectivity index (χ0) is 15.5. The average Bonchev–Trinajstić information content (AvgIpc) is 2.51. The third-order valence-electron chi connectivity index (χ3n) is 5.04. The Hall–Kier alpha value is -0.640. The van der Waals surface area contributed by atoms with Crippen LogP contribution in [0.1, 0.15) is 45.1 Å². The molecule has 2 nitrogen and oxygen atoms in total. The third kappa shape index (κ3) is 3.77. The standard InChI is InChI=1S/C17H26ClFN2/c1-3-17(2,21-9-5-4-6-10-21)16(20)12-13-11-14(18)7-8-15(13)19/h7-8,11,16H,3-6,9-10,12,20H2,1-2H3. The lowest BCUT2D eigenvalue weighted by atomic mass is 9.83. The first-order valence-electron chi connectivity index (χ1n) is 7.92. The van der Waals surface area contributed by atoms with Crippen LogP contribution in [0.4, 0.5) is 4.39 Å². The van der Waals surface area contributed by atoms with Crippen molar-refractivity contribution in [2.75, 3.05) is 13.1 Å². The summed E-state index contributed by atoms with van der Waals surface area (Å²) in [6, 6.07) is 4.60. The van der Waals surface area contributed by atoms with Crippen LogP contribution >= 0.6 is 11.6 Å². The van der Waals surface area contributed by atoms with Crippen LogP contribution < -0.4 is 5.73 Å². The van der Waals surface area contributed by atoms with Crippen molar-refractivity contribution < 1.29 is 4.39 Å². The number of benzene rings is 1. The second kappa shape index (κ2) is 7.08. The fraction of sp³-hybridized carbons (Fsp3) is 0.647. The van der Waals surface area contributed by atoms with Crippen molar-refractivity contribution in [3.05, 3.63) is 34.6 Å².